The average molecular weight is 265 g/mol. The van der Waals surface area contributed by atoms with Crippen LogP contribution in [0.3, 0.4) is 0 Å². The maximum Gasteiger partial charge on any atom is 0.325 e. The maximum atomic E-state index is 13.3. The molecule has 1 aliphatic rings. The van der Waals surface area contributed by atoms with E-state index in [1.165, 1.54) is 12.1 Å². The van der Waals surface area contributed by atoms with Crippen LogP contribution < -0.4 is 0 Å². The van der Waals surface area contributed by atoms with Crippen molar-refractivity contribution in [1.29, 1.82) is 0 Å². The van der Waals surface area contributed by atoms with E-state index in [9.17, 15) is 14.3 Å². The van der Waals surface area contributed by atoms with Gasteiger partial charge in [-0.2, -0.15) is 0 Å². The van der Waals surface area contributed by atoms with E-state index in [0.717, 1.165) is 19.5 Å². The van der Waals surface area contributed by atoms with Crippen LogP contribution in [0.15, 0.2) is 24.3 Å². The van der Waals surface area contributed by atoms with E-state index in [2.05, 4.69) is 13.8 Å². The summed E-state index contributed by atoms with van der Waals surface area (Å²) in [6.07, 6.45) is 1.12. The van der Waals surface area contributed by atoms with E-state index in [0.29, 0.717) is 17.4 Å². The fourth-order valence-electron chi connectivity index (χ4n) is 3.11. The molecule has 0 radical (unpaired) electrons. The Hall–Kier alpha value is -1.42. The van der Waals surface area contributed by atoms with E-state index in [1.807, 2.05) is 4.90 Å². The molecular formula is C15H20FNO2. The lowest BCUT2D eigenvalue weighted by molar-refractivity contribution is -0.144. The summed E-state index contributed by atoms with van der Waals surface area (Å²) in [5.41, 5.74) is 0.522. The highest BCUT2D eigenvalue weighted by Crippen LogP contribution is 2.29. The van der Waals surface area contributed by atoms with Gasteiger partial charge in [-0.15, -0.1) is 0 Å². The normalized spacial score (nSPS) is 26.1. The van der Waals surface area contributed by atoms with E-state index >= 15 is 0 Å². The second kappa shape index (κ2) is 5.70. The molecule has 104 valence electrons. The highest BCUT2D eigenvalue weighted by Gasteiger charge is 2.32. The van der Waals surface area contributed by atoms with Crippen molar-refractivity contribution in [1.82, 2.24) is 4.90 Å². The third kappa shape index (κ3) is 3.32. The molecule has 1 heterocycles. The molecule has 3 unspecified atom stereocenters. The number of benzene rings is 1. The molecule has 1 fully saturated rings. The SMILES string of the molecule is CC1CC(C)CN(C(C(=O)O)c2cccc(F)c2)C1. The van der Waals surface area contributed by atoms with Gasteiger partial charge in [0.1, 0.15) is 11.9 Å². The van der Waals surface area contributed by atoms with Crippen LogP contribution in [0.5, 0.6) is 0 Å². The van der Waals surface area contributed by atoms with Gasteiger partial charge in [0.05, 0.1) is 0 Å². The zero-order valence-corrected chi connectivity index (χ0v) is 11.3. The molecule has 19 heavy (non-hydrogen) atoms. The molecule has 1 saturated heterocycles. The van der Waals surface area contributed by atoms with Gasteiger partial charge in [0.15, 0.2) is 0 Å². The molecular weight excluding hydrogens is 245 g/mol. The molecule has 2 rings (SSSR count). The Bertz CT molecular complexity index is 453. The summed E-state index contributed by atoms with van der Waals surface area (Å²) >= 11 is 0. The Morgan fingerprint density at radius 2 is 2.00 bits per heavy atom. The Kier molecular flexibility index (Phi) is 4.20. The summed E-state index contributed by atoms with van der Waals surface area (Å²) < 4.78 is 13.3. The summed E-state index contributed by atoms with van der Waals surface area (Å²) in [6.45, 7) is 5.76. The van der Waals surface area contributed by atoms with Crippen molar-refractivity contribution in [3.05, 3.63) is 35.6 Å². The molecule has 0 amide bonds. The van der Waals surface area contributed by atoms with Gasteiger partial charge >= 0.3 is 5.97 Å². The van der Waals surface area contributed by atoms with Gasteiger partial charge in [-0.3, -0.25) is 9.69 Å². The second-order valence-corrected chi connectivity index (χ2v) is 5.70. The minimum absolute atomic E-state index is 0.387. The van der Waals surface area contributed by atoms with Gasteiger partial charge in [-0.1, -0.05) is 26.0 Å². The number of piperidine rings is 1. The zero-order chi connectivity index (χ0) is 14.0. The number of nitrogens with zero attached hydrogens (tertiary/aromatic N) is 1. The van der Waals surface area contributed by atoms with Crippen molar-refractivity contribution < 1.29 is 14.3 Å². The van der Waals surface area contributed by atoms with Crippen LogP contribution in [0.25, 0.3) is 0 Å². The quantitative estimate of drug-likeness (QED) is 0.913. The van der Waals surface area contributed by atoms with E-state index < -0.39 is 12.0 Å². The molecule has 0 spiro atoms. The minimum atomic E-state index is -0.910. The van der Waals surface area contributed by atoms with Crippen molar-refractivity contribution in [3.8, 4) is 0 Å². The first kappa shape index (κ1) is 14.0. The van der Waals surface area contributed by atoms with Crippen molar-refractivity contribution in [3.63, 3.8) is 0 Å². The molecule has 4 heteroatoms. The molecule has 1 aliphatic heterocycles. The van der Waals surface area contributed by atoms with Crippen LogP contribution in [0, 0.1) is 17.7 Å². The van der Waals surface area contributed by atoms with Gasteiger partial charge < -0.3 is 5.11 Å². The lowest BCUT2D eigenvalue weighted by atomic mass is 9.89. The standard InChI is InChI=1S/C15H20FNO2/c1-10-6-11(2)9-17(8-10)14(15(18)19)12-4-3-5-13(16)7-12/h3-5,7,10-11,14H,6,8-9H2,1-2H3,(H,18,19). The average Bonchev–Trinajstić information content (AvgIpc) is 2.27. The maximum absolute atomic E-state index is 13.3. The number of rotatable bonds is 3. The predicted octanol–water partition coefficient (Wildman–Crippen LogP) is 2.93. The van der Waals surface area contributed by atoms with Crippen LogP contribution >= 0.6 is 0 Å². The smallest absolute Gasteiger partial charge is 0.325 e. The van der Waals surface area contributed by atoms with Gasteiger partial charge in [-0.05, 0) is 36.0 Å². The Balaban J connectivity index is 2.27. The summed E-state index contributed by atoms with van der Waals surface area (Å²) in [5.74, 6) is -0.355. The lowest BCUT2D eigenvalue weighted by Crippen LogP contribution is -2.43. The molecule has 3 atom stereocenters. The first-order chi connectivity index (χ1) is 8.97. The fourth-order valence-corrected chi connectivity index (χ4v) is 3.11. The Morgan fingerprint density at radius 3 is 2.53 bits per heavy atom. The first-order valence-corrected chi connectivity index (χ1v) is 6.69. The number of hydrogen-bond donors (Lipinski definition) is 1. The van der Waals surface area contributed by atoms with E-state index in [1.54, 1.807) is 12.1 Å². The predicted molar refractivity (Wildman–Crippen MR) is 71.3 cm³/mol. The van der Waals surface area contributed by atoms with Crippen molar-refractivity contribution in [2.24, 2.45) is 11.8 Å². The van der Waals surface area contributed by atoms with Gasteiger partial charge in [0, 0.05) is 13.1 Å². The number of halogens is 1. The minimum Gasteiger partial charge on any atom is -0.480 e. The van der Waals surface area contributed by atoms with Crippen molar-refractivity contribution in [2.45, 2.75) is 26.3 Å². The van der Waals surface area contributed by atoms with Crippen LogP contribution in [-0.4, -0.2) is 29.1 Å². The Morgan fingerprint density at radius 1 is 1.37 bits per heavy atom. The largest absolute Gasteiger partial charge is 0.480 e. The van der Waals surface area contributed by atoms with Gasteiger partial charge in [-0.25, -0.2) is 4.39 Å². The van der Waals surface area contributed by atoms with E-state index in [4.69, 9.17) is 0 Å². The molecule has 0 aromatic heterocycles. The first-order valence-electron chi connectivity index (χ1n) is 6.69. The topological polar surface area (TPSA) is 40.5 Å². The van der Waals surface area contributed by atoms with Crippen molar-refractivity contribution >= 4 is 5.97 Å². The number of aliphatic carboxylic acids is 1. The van der Waals surface area contributed by atoms with Crippen LogP contribution in [0.1, 0.15) is 31.9 Å². The number of hydrogen-bond acceptors (Lipinski definition) is 2. The molecule has 1 aromatic carbocycles. The number of carboxylic acids is 1. The number of carboxylic acid groups (broad SMARTS) is 1. The zero-order valence-electron chi connectivity index (χ0n) is 11.3. The lowest BCUT2D eigenvalue weighted by Gasteiger charge is -2.38. The molecule has 0 aliphatic carbocycles. The van der Waals surface area contributed by atoms with E-state index in [-0.39, 0.29) is 5.82 Å². The second-order valence-electron chi connectivity index (χ2n) is 5.70. The third-order valence-electron chi connectivity index (χ3n) is 3.66. The Labute approximate surface area is 113 Å². The summed E-state index contributed by atoms with van der Waals surface area (Å²) in [6, 6.07) is 5.16. The van der Waals surface area contributed by atoms with Crippen LogP contribution in [0.2, 0.25) is 0 Å². The fraction of sp³-hybridized carbons (Fsp3) is 0.533. The van der Waals surface area contributed by atoms with Crippen LogP contribution in [-0.2, 0) is 4.79 Å². The monoisotopic (exact) mass is 265 g/mol. The van der Waals surface area contributed by atoms with Gasteiger partial charge in [0.2, 0.25) is 0 Å². The van der Waals surface area contributed by atoms with Gasteiger partial charge in [0.25, 0.3) is 0 Å². The highest BCUT2D eigenvalue weighted by atomic mass is 19.1. The molecule has 1 aromatic rings. The highest BCUT2D eigenvalue weighted by molar-refractivity contribution is 5.75. The summed E-state index contributed by atoms with van der Waals surface area (Å²) in [7, 11) is 0. The molecule has 1 N–H and O–H groups in total. The van der Waals surface area contributed by atoms with Crippen LogP contribution in [0.4, 0.5) is 4.39 Å². The van der Waals surface area contributed by atoms with Crippen molar-refractivity contribution in [2.75, 3.05) is 13.1 Å². The molecule has 3 nitrogen and oxygen atoms in total. The summed E-state index contributed by atoms with van der Waals surface area (Å²) in [5, 5.41) is 9.48. The summed E-state index contributed by atoms with van der Waals surface area (Å²) in [4.78, 5) is 13.5. The number of carbonyl (C=O) groups is 1. The third-order valence-corrected chi connectivity index (χ3v) is 3.66. The molecule has 0 saturated carbocycles. The molecule has 0 bridgehead atoms. The number of likely N-dealkylation sites (tertiary alicyclic amines) is 1.